The molecule has 21 heavy (non-hydrogen) atoms. The van der Waals surface area contributed by atoms with Gasteiger partial charge in [0, 0.05) is 12.0 Å². The monoisotopic (exact) mass is 285 g/mol. The van der Waals surface area contributed by atoms with Gasteiger partial charge in [0.1, 0.15) is 11.6 Å². The molecule has 1 heterocycles. The summed E-state index contributed by atoms with van der Waals surface area (Å²) in [5.74, 6) is 0.794. The van der Waals surface area contributed by atoms with Crippen LogP contribution in [0, 0.1) is 12.7 Å². The van der Waals surface area contributed by atoms with E-state index in [1.54, 1.807) is 12.1 Å². The Kier molecular flexibility index (Phi) is 3.93. The average molecular weight is 285 g/mol. The van der Waals surface area contributed by atoms with Gasteiger partial charge in [-0.25, -0.2) is 4.39 Å². The summed E-state index contributed by atoms with van der Waals surface area (Å²) in [5, 5.41) is 3.39. The molecule has 2 aromatic rings. The quantitative estimate of drug-likeness (QED) is 0.923. The van der Waals surface area contributed by atoms with Gasteiger partial charge < -0.3 is 10.1 Å². The minimum atomic E-state index is -0.164. The average Bonchev–Trinajstić information content (AvgIpc) is 2.95. The fourth-order valence-electron chi connectivity index (χ4n) is 2.88. The van der Waals surface area contributed by atoms with Crippen molar-refractivity contribution >= 4 is 0 Å². The zero-order chi connectivity index (χ0) is 14.8. The molecule has 1 unspecified atom stereocenters. The highest BCUT2D eigenvalue weighted by molar-refractivity contribution is 5.44. The maximum atomic E-state index is 14.2. The standard InChI is InChI=1S/C18H20FNO/c1-3-20-18(15-10-12(2)4-6-16(15)19)14-5-7-17-13(11-14)8-9-21-17/h4-7,10-11,18,20H,3,8-9H2,1-2H3. The van der Waals surface area contributed by atoms with Crippen molar-refractivity contribution in [3.63, 3.8) is 0 Å². The summed E-state index contributed by atoms with van der Waals surface area (Å²) in [6.45, 7) is 5.55. The Morgan fingerprint density at radius 2 is 2.10 bits per heavy atom. The van der Waals surface area contributed by atoms with Crippen LogP contribution in [0.5, 0.6) is 5.75 Å². The largest absolute Gasteiger partial charge is 0.493 e. The first-order valence-electron chi connectivity index (χ1n) is 7.44. The third-order valence-corrected chi connectivity index (χ3v) is 3.92. The van der Waals surface area contributed by atoms with E-state index in [1.807, 2.05) is 32.0 Å². The van der Waals surface area contributed by atoms with Gasteiger partial charge in [0.25, 0.3) is 0 Å². The normalized spacial score (nSPS) is 14.6. The summed E-state index contributed by atoms with van der Waals surface area (Å²) in [6, 6.07) is 11.3. The molecule has 0 radical (unpaired) electrons. The predicted molar refractivity (Wildman–Crippen MR) is 82.3 cm³/mol. The summed E-state index contributed by atoms with van der Waals surface area (Å²) < 4.78 is 19.8. The van der Waals surface area contributed by atoms with E-state index >= 15 is 0 Å². The fraction of sp³-hybridized carbons (Fsp3) is 0.333. The molecule has 2 aromatic carbocycles. The Morgan fingerprint density at radius 3 is 2.90 bits per heavy atom. The van der Waals surface area contributed by atoms with Crippen LogP contribution in [0.4, 0.5) is 4.39 Å². The van der Waals surface area contributed by atoms with Gasteiger partial charge in [-0.15, -0.1) is 0 Å². The first-order valence-corrected chi connectivity index (χ1v) is 7.44. The molecule has 3 rings (SSSR count). The van der Waals surface area contributed by atoms with E-state index in [1.165, 1.54) is 5.56 Å². The molecule has 0 bridgehead atoms. The number of ether oxygens (including phenoxy) is 1. The molecule has 3 heteroatoms. The van der Waals surface area contributed by atoms with E-state index in [9.17, 15) is 4.39 Å². The number of nitrogens with one attached hydrogen (secondary N) is 1. The number of hydrogen-bond acceptors (Lipinski definition) is 2. The molecule has 0 aliphatic carbocycles. The maximum absolute atomic E-state index is 14.2. The summed E-state index contributed by atoms with van der Waals surface area (Å²) in [6.07, 6.45) is 0.929. The van der Waals surface area contributed by atoms with Crippen molar-refractivity contribution in [2.24, 2.45) is 0 Å². The molecular weight excluding hydrogens is 265 g/mol. The first-order chi connectivity index (χ1) is 10.2. The van der Waals surface area contributed by atoms with Gasteiger partial charge >= 0.3 is 0 Å². The van der Waals surface area contributed by atoms with Gasteiger partial charge in [0.05, 0.1) is 12.6 Å². The van der Waals surface area contributed by atoms with E-state index < -0.39 is 0 Å². The van der Waals surface area contributed by atoms with Crippen LogP contribution in [-0.2, 0) is 6.42 Å². The Morgan fingerprint density at radius 1 is 1.24 bits per heavy atom. The molecule has 1 atom stereocenters. The van der Waals surface area contributed by atoms with E-state index in [4.69, 9.17) is 4.74 Å². The second-order valence-electron chi connectivity index (χ2n) is 5.48. The molecule has 2 nitrogen and oxygen atoms in total. The highest BCUT2D eigenvalue weighted by Crippen LogP contribution is 2.31. The van der Waals surface area contributed by atoms with Gasteiger partial charge in [-0.3, -0.25) is 0 Å². The first kappa shape index (κ1) is 14.1. The summed E-state index contributed by atoms with van der Waals surface area (Å²) in [7, 11) is 0. The van der Waals surface area contributed by atoms with Crippen molar-refractivity contribution in [2.75, 3.05) is 13.2 Å². The number of fused-ring (bicyclic) bond motifs is 1. The Bertz CT molecular complexity index is 654. The zero-order valence-electron chi connectivity index (χ0n) is 12.4. The van der Waals surface area contributed by atoms with Crippen LogP contribution in [-0.4, -0.2) is 13.2 Å². The summed E-state index contributed by atoms with van der Waals surface area (Å²) in [5.41, 5.74) is 4.07. The third-order valence-electron chi connectivity index (χ3n) is 3.92. The van der Waals surface area contributed by atoms with Crippen molar-refractivity contribution in [3.8, 4) is 5.75 Å². The molecule has 0 fully saturated rings. The van der Waals surface area contributed by atoms with Crippen LogP contribution in [0.15, 0.2) is 36.4 Å². The number of aryl methyl sites for hydroxylation is 1. The van der Waals surface area contributed by atoms with Crippen LogP contribution >= 0.6 is 0 Å². The number of hydrogen-bond donors (Lipinski definition) is 1. The van der Waals surface area contributed by atoms with E-state index in [0.29, 0.717) is 5.56 Å². The highest BCUT2D eigenvalue weighted by Gasteiger charge is 2.20. The molecule has 0 aromatic heterocycles. The molecule has 0 saturated carbocycles. The lowest BCUT2D eigenvalue weighted by Crippen LogP contribution is -2.23. The second kappa shape index (κ2) is 5.86. The Hall–Kier alpha value is -1.87. The lowest BCUT2D eigenvalue weighted by molar-refractivity contribution is 0.357. The number of rotatable bonds is 4. The van der Waals surface area contributed by atoms with Crippen LogP contribution < -0.4 is 10.1 Å². The van der Waals surface area contributed by atoms with Crippen LogP contribution in [0.1, 0.15) is 35.2 Å². The maximum Gasteiger partial charge on any atom is 0.128 e. The Balaban J connectivity index is 2.03. The third kappa shape index (κ3) is 2.79. The number of benzene rings is 2. The van der Waals surface area contributed by atoms with Crippen molar-refractivity contribution in [3.05, 3.63) is 64.5 Å². The highest BCUT2D eigenvalue weighted by atomic mass is 19.1. The topological polar surface area (TPSA) is 21.3 Å². The van der Waals surface area contributed by atoms with Crippen molar-refractivity contribution in [1.29, 1.82) is 0 Å². The molecule has 0 amide bonds. The predicted octanol–water partition coefficient (Wildman–Crippen LogP) is 3.77. The minimum Gasteiger partial charge on any atom is -0.493 e. The zero-order valence-corrected chi connectivity index (χ0v) is 12.4. The second-order valence-corrected chi connectivity index (χ2v) is 5.48. The van der Waals surface area contributed by atoms with Gasteiger partial charge in [-0.2, -0.15) is 0 Å². The van der Waals surface area contributed by atoms with Gasteiger partial charge in [0.2, 0.25) is 0 Å². The lowest BCUT2D eigenvalue weighted by atomic mass is 9.95. The summed E-state index contributed by atoms with van der Waals surface area (Å²) in [4.78, 5) is 0. The van der Waals surface area contributed by atoms with E-state index in [-0.39, 0.29) is 11.9 Å². The molecule has 0 spiro atoms. The SMILES string of the molecule is CCNC(c1ccc2c(c1)CCO2)c1cc(C)ccc1F. The van der Waals surface area contributed by atoms with Crippen LogP contribution in [0.3, 0.4) is 0 Å². The van der Waals surface area contributed by atoms with Crippen molar-refractivity contribution < 1.29 is 9.13 Å². The molecule has 1 aliphatic heterocycles. The van der Waals surface area contributed by atoms with Crippen molar-refractivity contribution in [2.45, 2.75) is 26.3 Å². The minimum absolute atomic E-state index is 0.124. The molecule has 1 N–H and O–H groups in total. The van der Waals surface area contributed by atoms with E-state index in [2.05, 4.69) is 11.4 Å². The molecule has 0 saturated heterocycles. The van der Waals surface area contributed by atoms with Gasteiger partial charge in [-0.05, 0) is 36.7 Å². The number of halogens is 1. The molecular formula is C18H20FNO. The Labute approximate surface area is 125 Å². The lowest BCUT2D eigenvalue weighted by Gasteiger charge is -2.20. The fourth-order valence-corrected chi connectivity index (χ4v) is 2.88. The molecule has 1 aliphatic rings. The smallest absolute Gasteiger partial charge is 0.128 e. The van der Waals surface area contributed by atoms with Gasteiger partial charge in [0.15, 0.2) is 0 Å². The van der Waals surface area contributed by atoms with Gasteiger partial charge in [-0.1, -0.05) is 36.8 Å². The van der Waals surface area contributed by atoms with Crippen molar-refractivity contribution in [1.82, 2.24) is 5.32 Å². The van der Waals surface area contributed by atoms with Crippen LogP contribution in [0.25, 0.3) is 0 Å². The summed E-state index contributed by atoms with van der Waals surface area (Å²) >= 11 is 0. The van der Waals surface area contributed by atoms with E-state index in [0.717, 1.165) is 36.4 Å². The van der Waals surface area contributed by atoms with Crippen LogP contribution in [0.2, 0.25) is 0 Å². The molecule has 110 valence electrons.